The van der Waals surface area contributed by atoms with Gasteiger partial charge in [0.15, 0.2) is 4.80 Å². The van der Waals surface area contributed by atoms with E-state index in [1.807, 2.05) is 54.6 Å². The molecule has 1 aliphatic heterocycles. The van der Waals surface area contributed by atoms with Crippen LogP contribution in [0.2, 0.25) is 0 Å². The van der Waals surface area contributed by atoms with Crippen LogP contribution >= 0.6 is 49.9 Å². The molecule has 1 aliphatic rings. The highest BCUT2D eigenvalue weighted by atomic mass is 127. The lowest BCUT2D eigenvalue weighted by molar-refractivity contribution is -0.113. The number of aromatic hydroxyl groups is 1. The summed E-state index contributed by atoms with van der Waals surface area (Å²) in [4.78, 5) is 32.8. The lowest BCUT2D eigenvalue weighted by atomic mass is 9.93. The standard InChI is InChI=1S/C30H25BrIN3O3S/c1-16(2)18-9-11-19(12-10-18)26-25(28(37)34-22-7-5-4-6-8-22)17(3)33-30-35(26)29(38)24(39-30)14-20-13-21(31)15-23(32)27(20)36/h4-16,26,36H,1-3H3,(H,34,37)/b24-14+/t26-/m0/s1. The molecule has 1 aromatic heterocycles. The van der Waals surface area contributed by atoms with E-state index >= 15 is 0 Å². The van der Waals surface area contributed by atoms with Crippen molar-refractivity contribution in [1.29, 1.82) is 0 Å². The summed E-state index contributed by atoms with van der Waals surface area (Å²) in [6.45, 7) is 6.05. The molecule has 0 spiro atoms. The van der Waals surface area contributed by atoms with Crippen molar-refractivity contribution < 1.29 is 9.90 Å². The molecule has 3 aromatic carbocycles. The van der Waals surface area contributed by atoms with Crippen LogP contribution in [0.3, 0.4) is 0 Å². The molecule has 0 radical (unpaired) electrons. The molecule has 2 heterocycles. The van der Waals surface area contributed by atoms with Crippen LogP contribution in [-0.4, -0.2) is 15.6 Å². The van der Waals surface area contributed by atoms with E-state index in [2.05, 4.69) is 57.7 Å². The number of thiazole rings is 1. The van der Waals surface area contributed by atoms with E-state index in [4.69, 9.17) is 4.99 Å². The molecule has 1 atom stereocenters. The molecular weight excluding hydrogens is 689 g/mol. The molecule has 198 valence electrons. The number of nitrogens with one attached hydrogen (secondary N) is 1. The molecule has 0 fully saturated rings. The molecule has 1 amide bonds. The third kappa shape index (κ3) is 5.53. The first-order valence-corrected chi connectivity index (χ1v) is 15.0. The number of phenols is 1. The molecule has 4 aromatic rings. The van der Waals surface area contributed by atoms with Crippen molar-refractivity contribution >= 4 is 67.5 Å². The maximum atomic E-state index is 13.9. The summed E-state index contributed by atoms with van der Waals surface area (Å²) in [6.07, 6.45) is 1.67. The van der Waals surface area contributed by atoms with Gasteiger partial charge in [-0.05, 0) is 76.9 Å². The smallest absolute Gasteiger partial charge is 0.271 e. The van der Waals surface area contributed by atoms with Crippen molar-refractivity contribution in [3.05, 3.63) is 122 Å². The lowest BCUT2D eigenvalue weighted by Crippen LogP contribution is -2.40. The predicted molar refractivity (Wildman–Crippen MR) is 168 cm³/mol. The second kappa shape index (κ2) is 11.2. The van der Waals surface area contributed by atoms with Gasteiger partial charge in [-0.2, -0.15) is 0 Å². The number of hydrogen-bond acceptors (Lipinski definition) is 5. The van der Waals surface area contributed by atoms with Crippen molar-refractivity contribution in [2.24, 2.45) is 4.99 Å². The van der Waals surface area contributed by atoms with Gasteiger partial charge in [0, 0.05) is 15.7 Å². The number of carbonyl (C=O) groups is 1. The number of para-hydroxylation sites is 1. The first kappa shape index (κ1) is 27.5. The van der Waals surface area contributed by atoms with Crippen LogP contribution in [0.1, 0.15) is 49.4 Å². The maximum Gasteiger partial charge on any atom is 0.271 e. The minimum absolute atomic E-state index is 0.101. The highest BCUT2D eigenvalue weighted by molar-refractivity contribution is 14.1. The number of benzene rings is 3. The first-order chi connectivity index (χ1) is 18.6. The van der Waals surface area contributed by atoms with Crippen molar-refractivity contribution in [3.63, 3.8) is 0 Å². The number of hydrogen-bond donors (Lipinski definition) is 2. The number of carbonyl (C=O) groups excluding carboxylic acids is 1. The summed E-state index contributed by atoms with van der Waals surface area (Å²) >= 11 is 6.76. The summed E-state index contributed by atoms with van der Waals surface area (Å²) < 4.78 is 3.47. The Morgan fingerprint density at radius 2 is 1.85 bits per heavy atom. The number of phenolic OH excluding ortho intramolecular Hbond substituents is 1. The Balaban J connectivity index is 1.70. The molecule has 0 unspecified atom stereocenters. The number of halogens is 2. The number of amides is 1. The topological polar surface area (TPSA) is 83.7 Å². The Labute approximate surface area is 251 Å². The molecule has 0 bridgehead atoms. The van der Waals surface area contributed by atoms with Crippen molar-refractivity contribution in [3.8, 4) is 5.75 Å². The summed E-state index contributed by atoms with van der Waals surface area (Å²) in [5.74, 6) is 0.137. The van der Waals surface area contributed by atoms with Gasteiger partial charge < -0.3 is 10.4 Å². The Morgan fingerprint density at radius 3 is 2.51 bits per heavy atom. The normalized spacial score (nSPS) is 15.3. The first-order valence-electron chi connectivity index (χ1n) is 12.3. The van der Waals surface area contributed by atoms with E-state index in [-0.39, 0.29) is 17.2 Å². The van der Waals surface area contributed by atoms with Crippen LogP contribution in [0, 0.1) is 3.57 Å². The van der Waals surface area contributed by atoms with Gasteiger partial charge in [-0.15, -0.1) is 0 Å². The highest BCUT2D eigenvalue weighted by Crippen LogP contribution is 2.32. The average molecular weight is 714 g/mol. The number of aromatic nitrogens is 1. The van der Waals surface area contributed by atoms with Crippen LogP contribution in [0.4, 0.5) is 5.69 Å². The summed E-state index contributed by atoms with van der Waals surface area (Å²) in [5, 5.41) is 13.6. The number of anilines is 1. The van der Waals surface area contributed by atoms with Crippen LogP contribution in [0.15, 0.2) is 92.3 Å². The summed E-state index contributed by atoms with van der Waals surface area (Å²) in [6, 6.07) is 20.2. The van der Waals surface area contributed by atoms with Crippen LogP contribution in [0.5, 0.6) is 5.75 Å². The summed E-state index contributed by atoms with van der Waals surface area (Å²) in [5.41, 5.74) is 3.86. The van der Waals surface area contributed by atoms with E-state index in [0.29, 0.717) is 41.3 Å². The van der Waals surface area contributed by atoms with Crippen LogP contribution in [0.25, 0.3) is 6.08 Å². The number of allylic oxidation sites excluding steroid dienone is 1. The van der Waals surface area contributed by atoms with E-state index in [0.717, 1.165) is 10.0 Å². The second-order valence-corrected chi connectivity index (χ2v) is 12.6. The minimum Gasteiger partial charge on any atom is -0.506 e. The van der Waals surface area contributed by atoms with Crippen LogP contribution in [-0.2, 0) is 4.79 Å². The molecular formula is C30H25BrIN3O3S. The van der Waals surface area contributed by atoms with E-state index < -0.39 is 6.04 Å². The Kier molecular flexibility index (Phi) is 7.93. The van der Waals surface area contributed by atoms with Gasteiger partial charge in [-0.25, -0.2) is 4.99 Å². The van der Waals surface area contributed by atoms with Gasteiger partial charge in [-0.1, -0.05) is 83.6 Å². The molecule has 2 N–H and O–H groups in total. The zero-order valence-electron chi connectivity index (χ0n) is 21.4. The fourth-order valence-electron chi connectivity index (χ4n) is 4.55. The molecule has 5 rings (SSSR count). The summed E-state index contributed by atoms with van der Waals surface area (Å²) in [7, 11) is 0. The molecule has 6 nitrogen and oxygen atoms in total. The Bertz CT molecular complexity index is 1790. The molecule has 0 saturated heterocycles. The second-order valence-electron chi connectivity index (χ2n) is 9.55. The molecule has 0 saturated carbocycles. The van der Waals surface area contributed by atoms with Gasteiger partial charge in [0.05, 0.1) is 25.4 Å². The quantitative estimate of drug-likeness (QED) is 0.247. The van der Waals surface area contributed by atoms with Crippen molar-refractivity contribution in [2.75, 3.05) is 5.32 Å². The van der Waals surface area contributed by atoms with Crippen LogP contribution < -0.4 is 20.2 Å². The average Bonchev–Trinajstić information content (AvgIpc) is 3.20. The fourth-order valence-corrected chi connectivity index (χ4v) is 7.14. The largest absolute Gasteiger partial charge is 0.506 e. The van der Waals surface area contributed by atoms with E-state index in [9.17, 15) is 14.7 Å². The molecule has 9 heteroatoms. The predicted octanol–water partition coefficient (Wildman–Crippen LogP) is 6.07. The third-order valence-electron chi connectivity index (χ3n) is 6.56. The number of nitrogens with zero attached hydrogens (tertiary/aromatic N) is 2. The molecule has 39 heavy (non-hydrogen) atoms. The fraction of sp³-hybridized carbons (Fsp3) is 0.167. The highest BCUT2D eigenvalue weighted by Gasteiger charge is 2.32. The SMILES string of the molecule is CC1=C(C(=O)Nc2ccccc2)[C@H](c2ccc(C(C)C)cc2)n2c(s/c(=C/c3cc(Br)cc(I)c3O)c2=O)=N1. The van der Waals surface area contributed by atoms with E-state index in [1.54, 1.807) is 29.7 Å². The Morgan fingerprint density at radius 1 is 1.15 bits per heavy atom. The van der Waals surface area contributed by atoms with Gasteiger partial charge in [0.2, 0.25) is 0 Å². The van der Waals surface area contributed by atoms with Crippen molar-refractivity contribution in [2.45, 2.75) is 32.7 Å². The monoisotopic (exact) mass is 713 g/mol. The maximum absolute atomic E-state index is 13.9. The lowest BCUT2D eigenvalue weighted by Gasteiger charge is -2.25. The zero-order chi connectivity index (χ0) is 27.8. The van der Waals surface area contributed by atoms with Crippen molar-refractivity contribution in [1.82, 2.24) is 4.57 Å². The van der Waals surface area contributed by atoms with Gasteiger partial charge in [-0.3, -0.25) is 14.2 Å². The third-order valence-corrected chi connectivity index (χ3v) is 8.82. The van der Waals surface area contributed by atoms with E-state index in [1.165, 1.54) is 16.9 Å². The van der Waals surface area contributed by atoms with Gasteiger partial charge in [0.1, 0.15) is 5.75 Å². The zero-order valence-corrected chi connectivity index (χ0v) is 26.0. The minimum atomic E-state index is -0.662. The Hall–Kier alpha value is -3.02. The van der Waals surface area contributed by atoms with Gasteiger partial charge in [0.25, 0.3) is 11.5 Å². The molecule has 0 aliphatic carbocycles. The number of rotatable bonds is 5. The number of fused-ring (bicyclic) bond motifs is 1. The van der Waals surface area contributed by atoms with Gasteiger partial charge >= 0.3 is 0 Å².